The van der Waals surface area contributed by atoms with Crippen molar-refractivity contribution in [1.82, 2.24) is 19.7 Å². The van der Waals surface area contributed by atoms with Crippen molar-refractivity contribution < 1.29 is 5.11 Å². The molecule has 1 heterocycles. The topological polar surface area (TPSA) is 78.0 Å². The number of hydrogen-bond acceptors (Lipinski definition) is 5. The van der Waals surface area contributed by atoms with Gasteiger partial charge in [0.1, 0.15) is 12.2 Å². The molecule has 0 saturated heterocycles. The number of rotatable bonds is 5. The Kier molecular flexibility index (Phi) is 4.45. The number of likely N-dealkylation sites (N-methyl/N-ethyl adjacent to an activating group) is 1. The van der Waals surface area contributed by atoms with Crippen LogP contribution < -0.4 is 0 Å². The van der Waals surface area contributed by atoms with Gasteiger partial charge < -0.3 is 5.11 Å². The SMILES string of the molecule is CN(Cc1ncnn1C)CC(O)c1ccc(C#N)cc1. The third-order valence-corrected chi connectivity index (χ3v) is 3.13. The lowest BCUT2D eigenvalue weighted by atomic mass is 10.1. The number of aliphatic hydroxyl groups is 1. The summed E-state index contributed by atoms with van der Waals surface area (Å²) in [6, 6.07) is 9.03. The van der Waals surface area contributed by atoms with Gasteiger partial charge in [0.05, 0.1) is 24.3 Å². The molecule has 1 atom stereocenters. The molecule has 6 nitrogen and oxygen atoms in total. The normalized spacial score (nSPS) is 12.3. The zero-order valence-electron chi connectivity index (χ0n) is 11.6. The molecule has 0 aliphatic carbocycles. The summed E-state index contributed by atoms with van der Waals surface area (Å²) in [5.41, 5.74) is 1.39. The molecule has 0 aliphatic rings. The van der Waals surface area contributed by atoms with Gasteiger partial charge in [-0.2, -0.15) is 10.4 Å². The molecular weight excluding hydrogens is 254 g/mol. The minimum Gasteiger partial charge on any atom is -0.387 e. The Balaban J connectivity index is 1.95. The van der Waals surface area contributed by atoms with E-state index in [1.165, 1.54) is 6.33 Å². The number of aromatic nitrogens is 3. The third-order valence-electron chi connectivity index (χ3n) is 3.13. The van der Waals surface area contributed by atoms with Crippen molar-refractivity contribution in [2.24, 2.45) is 7.05 Å². The largest absolute Gasteiger partial charge is 0.387 e. The van der Waals surface area contributed by atoms with Crippen molar-refractivity contribution in [3.63, 3.8) is 0 Å². The zero-order valence-corrected chi connectivity index (χ0v) is 11.6. The van der Waals surface area contributed by atoms with Crippen LogP contribution in [0.5, 0.6) is 0 Å². The minimum absolute atomic E-state index is 0.485. The Bertz CT molecular complexity index is 599. The first kappa shape index (κ1) is 14.2. The van der Waals surface area contributed by atoms with Gasteiger partial charge in [-0.05, 0) is 24.7 Å². The van der Waals surface area contributed by atoms with Crippen LogP contribution in [0.3, 0.4) is 0 Å². The maximum absolute atomic E-state index is 10.2. The molecule has 0 bridgehead atoms. The Labute approximate surface area is 117 Å². The molecule has 2 aromatic rings. The van der Waals surface area contributed by atoms with Crippen LogP contribution in [0.25, 0.3) is 0 Å². The number of aryl methyl sites for hydroxylation is 1. The molecule has 1 aromatic carbocycles. The molecule has 0 fully saturated rings. The van der Waals surface area contributed by atoms with E-state index < -0.39 is 6.10 Å². The van der Waals surface area contributed by atoms with Crippen molar-refractivity contribution >= 4 is 0 Å². The van der Waals surface area contributed by atoms with E-state index in [1.54, 1.807) is 28.9 Å². The minimum atomic E-state index is -0.596. The zero-order chi connectivity index (χ0) is 14.5. The van der Waals surface area contributed by atoms with Crippen LogP contribution in [0.2, 0.25) is 0 Å². The number of hydrogen-bond donors (Lipinski definition) is 1. The first-order valence-electron chi connectivity index (χ1n) is 6.29. The number of benzene rings is 1. The number of nitrogens with zero attached hydrogens (tertiary/aromatic N) is 5. The van der Waals surface area contributed by atoms with Crippen molar-refractivity contribution in [2.75, 3.05) is 13.6 Å². The molecule has 1 N–H and O–H groups in total. The standard InChI is InChI=1S/C14H17N5O/c1-18(9-14-16-10-17-19(14)2)8-13(20)12-5-3-11(7-15)4-6-12/h3-6,10,13,20H,8-9H2,1-2H3. The van der Waals surface area contributed by atoms with Gasteiger partial charge in [0.2, 0.25) is 0 Å². The van der Waals surface area contributed by atoms with E-state index in [-0.39, 0.29) is 0 Å². The third kappa shape index (κ3) is 3.41. The smallest absolute Gasteiger partial charge is 0.140 e. The molecule has 0 radical (unpaired) electrons. The monoisotopic (exact) mass is 271 g/mol. The molecule has 104 valence electrons. The van der Waals surface area contributed by atoms with E-state index in [1.807, 2.05) is 19.0 Å². The molecule has 1 unspecified atom stereocenters. The van der Waals surface area contributed by atoms with Crippen molar-refractivity contribution in [1.29, 1.82) is 5.26 Å². The molecule has 0 saturated carbocycles. The van der Waals surface area contributed by atoms with Gasteiger partial charge >= 0.3 is 0 Å². The maximum Gasteiger partial charge on any atom is 0.140 e. The molecule has 6 heteroatoms. The van der Waals surface area contributed by atoms with E-state index in [9.17, 15) is 5.11 Å². The summed E-state index contributed by atoms with van der Waals surface area (Å²) in [5, 5.41) is 22.9. The highest BCUT2D eigenvalue weighted by Crippen LogP contribution is 2.15. The lowest BCUT2D eigenvalue weighted by Gasteiger charge is -2.20. The van der Waals surface area contributed by atoms with Gasteiger partial charge in [-0.3, -0.25) is 9.58 Å². The maximum atomic E-state index is 10.2. The Morgan fingerprint density at radius 2 is 2.10 bits per heavy atom. The van der Waals surface area contributed by atoms with Gasteiger partial charge in [0, 0.05) is 13.6 Å². The lowest BCUT2D eigenvalue weighted by molar-refractivity contribution is 0.122. The fourth-order valence-electron chi connectivity index (χ4n) is 1.95. The van der Waals surface area contributed by atoms with E-state index in [2.05, 4.69) is 16.2 Å². The van der Waals surface area contributed by atoms with Gasteiger partial charge in [-0.1, -0.05) is 12.1 Å². The predicted molar refractivity (Wildman–Crippen MR) is 73.5 cm³/mol. The fourth-order valence-corrected chi connectivity index (χ4v) is 1.95. The summed E-state index contributed by atoms with van der Waals surface area (Å²) in [4.78, 5) is 6.13. The van der Waals surface area contributed by atoms with Gasteiger partial charge in [0.25, 0.3) is 0 Å². The predicted octanol–water partition coefficient (Wildman–Crippen LogP) is 0.852. The van der Waals surface area contributed by atoms with Crippen LogP contribution in [0.1, 0.15) is 23.1 Å². The number of aliphatic hydroxyl groups excluding tert-OH is 1. The van der Waals surface area contributed by atoms with Gasteiger partial charge in [-0.25, -0.2) is 4.98 Å². The summed E-state index contributed by atoms with van der Waals surface area (Å²) in [6.45, 7) is 1.10. The van der Waals surface area contributed by atoms with Crippen molar-refractivity contribution in [2.45, 2.75) is 12.6 Å². The number of nitriles is 1. The van der Waals surface area contributed by atoms with E-state index in [0.717, 1.165) is 11.4 Å². The van der Waals surface area contributed by atoms with Crippen LogP contribution in [0.15, 0.2) is 30.6 Å². The molecule has 0 amide bonds. The molecule has 20 heavy (non-hydrogen) atoms. The van der Waals surface area contributed by atoms with Crippen LogP contribution in [0.4, 0.5) is 0 Å². The second kappa shape index (κ2) is 6.28. The van der Waals surface area contributed by atoms with Crippen molar-refractivity contribution in [3.8, 4) is 6.07 Å². The van der Waals surface area contributed by atoms with E-state index in [0.29, 0.717) is 18.7 Å². The van der Waals surface area contributed by atoms with Crippen LogP contribution in [-0.4, -0.2) is 38.4 Å². The van der Waals surface area contributed by atoms with Crippen molar-refractivity contribution in [3.05, 3.63) is 47.5 Å². The first-order valence-corrected chi connectivity index (χ1v) is 6.29. The quantitative estimate of drug-likeness (QED) is 0.872. The second-order valence-electron chi connectivity index (χ2n) is 4.75. The fraction of sp³-hybridized carbons (Fsp3) is 0.357. The molecule has 0 spiro atoms. The highest BCUT2D eigenvalue weighted by atomic mass is 16.3. The van der Waals surface area contributed by atoms with Crippen LogP contribution in [0, 0.1) is 11.3 Å². The summed E-state index contributed by atoms with van der Waals surface area (Å²) in [7, 11) is 3.76. The van der Waals surface area contributed by atoms with Gasteiger partial charge in [-0.15, -0.1) is 0 Å². The average Bonchev–Trinajstić information content (AvgIpc) is 2.84. The summed E-state index contributed by atoms with van der Waals surface area (Å²) in [6.07, 6.45) is 0.918. The molecular formula is C14H17N5O. The van der Waals surface area contributed by atoms with E-state index in [4.69, 9.17) is 5.26 Å². The Morgan fingerprint density at radius 3 is 2.65 bits per heavy atom. The summed E-state index contributed by atoms with van der Waals surface area (Å²) < 4.78 is 1.71. The van der Waals surface area contributed by atoms with Gasteiger partial charge in [0.15, 0.2) is 0 Å². The van der Waals surface area contributed by atoms with Crippen LogP contribution in [-0.2, 0) is 13.6 Å². The molecule has 1 aromatic heterocycles. The molecule has 0 aliphatic heterocycles. The Hall–Kier alpha value is -2.23. The second-order valence-corrected chi connectivity index (χ2v) is 4.75. The summed E-state index contributed by atoms with van der Waals surface area (Å²) >= 11 is 0. The molecule has 2 rings (SSSR count). The first-order chi connectivity index (χ1) is 9.60. The van der Waals surface area contributed by atoms with Crippen LogP contribution >= 0.6 is 0 Å². The van der Waals surface area contributed by atoms with E-state index >= 15 is 0 Å². The Morgan fingerprint density at radius 1 is 1.40 bits per heavy atom. The lowest BCUT2D eigenvalue weighted by Crippen LogP contribution is -2.25. The highest BCUT2D eigenvalue weighted by Gasteiger charge is 2.12. The average molecular weight is 271 g/mol. The summed E-state index contributed by atoms with van der Waals surface area (Å²) in [5.74, 6) is 0.847. The highest BCUT2D eigenvalue weighted by molar-refractivity contribution is 5.32.